The minimum Gasteiger partial charge on any atom is -0.479 e. The van der Waals surface area contributed by atoms with Crippen LogP contribution >= 0.6 is 0 Å². The van der Waals surface area contributed by atoms with Crippen LogP contribution in [0.15, 0.2) is 48.5 Å². The second kappa shape index (κ2) is 5.52. The van der Waals surface area contributed by atoms with Crippen molar-refractivity contribution in [2.75, 3.05) is 5.32 Å². The van der Waals surface area contributed by atoms with Crippen molar-refractivity contribution < 1.29 is 14.3 Å². The van der Waals surface area contributed by atoms with Crippen LogP contribution in [0.2, 0.25) is 0 Å². The van der Waals surface area contributed by atoms with Gasteiger partial charge in [0.2, 0.25) is 0 Å². The average molecular weight is 259 g/mol. The van der Waals surface area contributed by atoms with Crippen LogP contribution in [-0.4, -0.2) is 11.1 Å². The maximum Gasteiger partial charge on any atom is 0.330 e. The highest BCUT2D eigenvalue weighted by molar-refractivity contribution is 5.79. The summed E-state index contributed by atoms with van der Waals surface area (Å²) in [4.78, 5) is 11.3. The number of hydrogen-bond acceptors (Lipinski definition) is 2. The third kappa shape index (κ3) is 3.31. The summed E-state index contributed by atoms with van der Waals surface area (Å²) in [5.41, 5.74) is 2.26. The van der Waals surface area contributed by atoms with Crippen LogP contribution in [0.3, 0.4) is 0 Å². The lowest BCUT2D eigenvalue weighted by Gasteiger charge is -2.16. The van der Waals surface area contributed by atoms with Gasteiger partial charge in [-0.15, -0.1) is 0 Å². The van der Waals surface area contributed by atoms with Gasteiger partial charge in [-0.25, -0.2) is 9.18 Å². The lowest BCUT2D eigenvalue weighted by atomic mass is 10.1. The zero-order chi connectivity index (χ0) is 13.8. The topological polar surface area (TPSA) is 49.3 Å². The van der Waals surface area contributed by atoms with E-state index in [1.54, 1.807) is 6.07 Å². The molecule has 3 nitrogen and oxygen atoms in total. The molecule has 0 aliphatic heterocycles. The van der Waals surface area contributed by atoms with Gasteiger partial charge < -0.3 is 10.4 Å². The summed E-state index contributed by atoms with van der Waals surface area (Å²) in [6.45, 7) is 1.93. The Labute approximate surface area is 110 Å². The van der Waals surface area contributed by atoms with E-state index in [0.29, 0.717) is 5.56 Å². The van der Waals surface area contributed by atoms with Crippen LogP contribution in [0, 0.1) is 12.7 Å². The second-order valence-corrected chi connectivity index (χ2v) is 4.34. The van der Waals surface area contributed by atoms with E-state index in [2.05, 4.69) is 5.32 Å². The highest BCUT2D eigenvalue weighted by Gasteiger charge is 2.19. The van der Waals surface area contributed by atoms with Gasteiger partial charge in [0.15, 0.2) is 6.04 Å². The molecule has 19 heavy (non-hydrogen) atoms. The number of benzene rings is 2. The Hall–Kier alpha value is -2.36. The number of aryl methyl sites for hydroxylation is 1. The molecule has 0 aliphatic carbocycles. The van der Waals surface area contributed by atoms with E-state index in [0.717, 1.165) is 11.3 Å². The van der Waals surface area contributed by atoms with Gasteiger partial charge >= 0.3 is 5.97 Å². The average Bonchev–Trinajstić information content (AvgIpc) is 2.37. The maximum absolute atomic E-state index is 12.9. The molecule has 0 aromatic heterocycles. The van der Waals surface area contributed by atoms with Crippen LogP contribution in [-0.2, 0) is 4.79 Å². The van der Waals surface area contributed by atoms with Crippen molar-refractivity contribution in [1.29, 1.82) is 0 Å². The number of rotatable bonds is 4. The Balaban J connectivity index is 2.26. The number of nitrogens with one attached hydrogen (secondary N) is 1. The Morgan fingerprint density at radius 2 is 1.89 bits per heavy atom. The summed E-state index contributed by atoms with van der Waals surface area (Å²) < 4.78 is 12.9. The highest BCUT2D eigenvalue weighted by Crippen LogP contribution is 2.21. The molecule has 2 rings (SSSR count). The molecule has 1 atom stereocenters. The van der Waals surface area contributed by atoms with Crippen LogP contribution in [0.4, 0.5) is 10.1 Å². The quantitative estimate of drug-likeness (QED) is 0.885. The molecule has 4 heteroatoms. The third-order valence-electron chi connectivity index (χ3n) is 2.78. The molecule has 0 spiro atoms. The smallest absolute Gasteiger partial charge is 0.330 e. The van der Waals surface area contributed by atoms with Crippen LogP contribution in [0.1, 0.15) is 17.2 Å². The summed E-state index contributed by atoms with van der Waals surface area (Å²) >= 11 is 0. The molecule has 0 heterocycles. The van der Waals surface area contributed by atoms with Crippen molar-refractivity contribution >= 4 is 11.7 Å². The van der Waals surface area contributed by atoms with E-state index in [1.165, 1.54) is 24.3 Å². The van der Waals surface area contributed by atoms with Crippen molar-refractivity contribution in [3.8, 4) is 0 Å². The molecule has 2 aromatic rings. The minimum atomic E-state index is -1.01. The number of hydrogen-bond donors (Lipinski definition) is 2. The first-order valence-corrected chi connectivity index (χ1v) is 5.88. The van der Waals surface area contributed by atoms with Crippen LogP contribution in [0.25, 0.3) is 0 Å². The summed E-state index contributed by atoms with van der Waals surface area (Å²) in [7, 11) is 0. The molecule has 0 saturated carbocycles. The summed E-state index contributed by atoms with van der Waals surface area (Å²) in [6.07, 6.45) is 0. The molecule has 0 radical (unpaired) electrons. The standard InChI is InChI=1S/C15H14FNO2/c1-10-3-2-4-13(9-10)17-14(15(18)19)11-5-7-12(16)8-6-11/h2-9,14,17H,1H3,(H,18,19). The highest BCUT2D eigenvalue weighted by atomic mass is 19.1. The molecule has 0 saturated heterocycles. The lowest BCUT2D eigenvalue weighted by Crippen LogP contribution is -2.20. The maximum atomic E-state index is 12.9. The molecule has 1 unspecified atom stereocenters. The van der Waals surface area contributed by atoms with Crippen molar-refractivity contribution in [3.63, 3.8) is 0 Å². The molecule has 2 N–H and O–H groups in total. The fraction of sp³-hybridized carbons (Fsp3) is 0.133. The van der Waals surface area contributed by atoms with Gasteiger partial charge in [0, 0.05) is 5.69 Å². The van der Waals surface area contributed by atoms with Gasteiger partial charge in [-0.1, -0.05) is 24.3 Å². The normalized spacial score (nSPS) is 11.9. The number of anilines is 1. The molecule has 0 amide bonds. The van der Waals surface area contributed by atoms with Crippen molar-refractivity contribution in [3.05, 3.63) is 65.5 Å². The molecule has 0 aliphatic rings. The number of carboxylic acid groups (broad SMARTS) is 1. The van der Waals surface area contributed by atoms with E-state index in [-0.39, 0.29) is 5.82 Å². The first-order valence-electron chi connectivity index (χ1n) is 5.88. The van der Waals surface area contributed by atoms with Gasteiger partial charge in [0.1, 0.15) is 5.82 Å². The summed E-state index contributed by atoms with van der Waals surface area (Å²) in [6, 6.07) is 12.0. The van der Waals surface area contributed by atoms with E-state index < -0.39 is 12.0 Å². The summed E-state index contributed by atoms with van der Waals surface area (Å²) in [5, 5.41) is 12.2. The Morgan fingerprint density at radius 1 is 1.21 bits per heavy atom. The Morgan fingerprint density at radius 3 is 2.47 bits per heavy atom. The molecule has 0 fully saturated rings. The molecule has 2 aromatic carbocycles. The number of aliphatic carboxylic acids is 1. The largest absolute Gasteiger partial charge is 0.479 e. The third-order valence-corrected chi connectivity index (χ3v) is 2.78. The first kappa shape index (κ1) is 13.1. The predicted molar refractivity (Wildman–Crippen MR) is 71.6 cm³/mol. The van der Waals surface area contributed by atoms with E-state index in [1.807, 2.05) is 25.1 Å². The molecule has 0 bridgehead atoms. The van der Waals surface area contributed by atoms with Gasteiger partial charge in [-0.3, -0.25) is 0 Å². The molecular formula is C15H14FNO2. The fourth-order valence-corrected chi connectivity index (χ4v) is 1.84. The predicted octanol–water partition coefficient (Wildman–Crippen LogP) is 3.37. The Kier molecular flexibility index (Phi) is 3.80. The Bertz CT molecular complexity index is 581. The number of carboxylic acids is 1. The van der Waals surface area contributed by atoms with Crippen molar-refractivity contribution in [1.82, 2.24) is 0 Å². The van der Waals surface area contributed by atoms with E-state index >= 15 is 0 Å². The summed E-state index contributed by atoms with van der Waals surface area (Å²) in [5.74, 6) is -1.39. The van der Waals surface area contributed by atoms with Gasteiger partial charge in [-0.2, -0.15) is 0 Å². The molecular weight excluding hydrogens is 245 g/mol. The minimum absolute atomic E-state index is 0.386. The monoisotopic (exact) mass is 259 g/mol. The zero-order valence-corrected chi connectivity index (χ0v) is 10.4. The lowest BCUT2D eigenvalue weighted by molar-refractivity contribution is -0.138. The van der Waals surface area contributed by atoms with Gasteiger partial charge in [-0.05, 0) is 42.3 Å². The van der Waals surface area contributed by atoms with Crippen LogP contribution in [0.5, 0.6) is 0 Å². The first-order chi connectivity index (χ1) is 9.06. The van der Waals surface area contributed by atoms with E-state index in [9.17, 15) is 14.3 Å². The zero-order valence-electron chi connectivity index (χ0n) is 10.4. The SMILES string of the molecule is Cc1cccc(NC(C(=O)O)c2ccc(F)cc2)c1. The number of carbonyl (C=O) groups is 1. The second-order valence-electron chi connectivity index (χ2n) is 4.34. The fourth-order valence-electron chi connectivity index (χ4n) is 1.84. The van der Waals surface area contributed by atoms with E-state index in [4.69, 9.17) is 0 Å². The van der Waals surface area contributed by atoms with Crippen molar-refractivity contribution in [2.45, 2.75) is 13.0 Å². The van der Waals surface area contributed by atoms with Crippen molar-refractivity contribution in [2.24, 2.45) is 0 Å². The van der Waals surface area contributed by atoms with Gasteiger partial charge in [0.25, 0.3) is 0 Å². The van der Waals surface area contributed by atoms with Crippen LogP contribution < -0.4 is 5.32 Å². The van der Waals surface area contributed by atoms with Gasteiger partial charge in [0.05, 0.1) is 0 Å². The molecule has 98 valence electrons. The number of halogens is 1.